The van der Waals surface area contributed by atoms with Crippen molar-refractivity contribution in [2.75, 3.05) is 0 Å². The van der Waals surface area contributed by atoms with E-state index in [1.54, 1.807) is 42.6 Å². The Morgan fingerprint density at radius 3 is 2.14 bits per heavy atom. The van der Waals surface area contributed by atoms with Crippen LogP contribution in [0, 0.1) is 10.1 Å². The summed E-state index contributed by atoms with van der Waals surface area (Å²) in [5.74, 6) is 0.380. The van der Waals surface area contributed by atoms with Crippen molar-refractivity contribution in [2.45, 2.75) is 6.61 Å². The van der Waals surface area contributed by atoms with Gasteiger partial charge in [0, 0.05) is 23.4 Å². The van der Waals surface area contributed by atoms with Crippen molar-refractivity contribution in [3.63, 3.8) is 0 Å². The summed E-state index contributed by atoms with van der Waals surface area (Å²) < 4.78 is 5.73. The summed E-state index contributed by atoms with van der Waals surface area (Å²) in [5, 5.41) is 12.0. The van der Waals surface area contributed by atoms with Gasteiger partial charge in [0.1, 0.15) is 6.61 Å². The fourth-order valence-corrected chi connectivity index (χ4v) is 3.08. The Morgan fingerprint density at radius 2 is 1.57 bits per heavy atom. The Labute approximate surface area is 176 Å². The molecule has 0 heterocycles. The highest BCUT2D eigenvalue weighted by molar-refractivity contribution is 6.37. The Hall–Kier alpha value is -2.60. The highest BCUT2D eigenvalue weighted by Gasteiger charge is 2.10. The molecule has 0 aromatic heterocycles. The molecule has 0 N–H and O–H groups in total. The number of halogens is 3. The molecule has 0 bridgehead atoms. The van der Waals surface area contributed by atoms with Gasteiger partial charge in [-0.2, -0.15) is 0 Å². The van der Waals surface area contributed by atoms with E-state index in [0.717, 1.165) is 5.56 Å². The van der Waals surface area contributed by atoms with Crippen LogP contribution in [0.4, 0.5) is 11.4 Å². The minimum Gasteiger partial charge on any atom is -0.486 e. The van der Waals surface area contributed by atoms with E-state index in [0.29, 0.717) is 38.7 Å². The van der Waals surface area contributed by atoms with Crippen molar-refractivity contribution in [2.24, 2.45) is 4.99 Å². The van der Waals surface area contributed by atoms with Crippen molar-refractivity contribution in [1.82, 2.24) is 0 Å². The van der Waals surface area contributed by atoms with Crippen molar-refractivity contribution in [1.29, 1.82) is 0 Å². The minimum atomic E-state index is -0.462. The van der Waals surface area contributed by atoms with Crippen LogP contribution in [0.15, 0.2) is 65.7 Å². The normalized spacial score (nSPS) is 11.0. The lowest BCUT2D eigenvalue weighted by molar-refractivity contribution is -0.384. The largest absolute Gasteiger partial charge is 0.486 e. The summed E-state index contributed by atoms with van der Waals surface area (Å²) in [4.78, 5) is 14.5. The molecule has 0 aliphatic heterocycles. The maximum atomic E-state index is 10.7. The third kappa shape index (κ3) is 5.23. The third-order valence-electron chi connectivity index (χ3n) is 3.74. The second-order valence-corrected chi connectivity index (χ2v) is 7.01. The van der Waals surface area contributed by atoms with Gasteiger partial charge in [0.05, 0.1) is 20.7 Å². The standard InChI is InChI=1S/C20H13Cl3N2O3/c21-15-3-1-13(2-4-15)12-28-20-18(22)9-14(10-19(20)23)11-24-16-5-7-17(8-6-16)25(26)27/h1-11H,12H2. The lowest BCUT2D eigenvalue weighted by atomic mass is 10.2. The number of hydrogen-bond acceptors (Lipinski definition) is 4. The number of benzene rings is 3. The molecule has 142 valence electrons. The average Bonchev–Trinajstić information content (AvgIpc) is 2.67. The highest BCUT2D eigenvalue weighted by Crippen LogP contribution is 2.34. The summed E-state index contributed by atoms with van der Waals surface area (Å²) in [6.07, 6.45) is 1.57. The van der Waals surface area contributed by atoms with Gasteiger partial charge in [-0.15, -0.1) is 0 Å². The van der Waals surface area contributed by atoms with Gasteiger partial charge in [0.15, 0.2) is 5.75 Å². The molecule has 3 aromatic rings. The fourth-order valence-electron chi connectivity index (χ4n) is 2.34. The van der Waals surface area contributed by atoms with Crippen LogP contribution in [0.5, 0.6) is 5.75 Å². The Bertz CT molecular complexity index is 997. The fraction of sp³-hybridized carbons (Fsp3) is 0.0500. The molecule has 0 fully saturated rings. The molecule has 3 rings (SSSR count). The van der Waals surface area contributed by atoms with Crippen molar-refractivity contribution in [3.8, 4) is 5.75 Å². The molecule has 5 nitrogen and oxygen atoms in total. The first kappa shape index (κ1) is 20.1. The molecule has 0 aliphatic rings. The quantitative estimate of drug-likeness (QED) is 0.241. The molecule has 0 unspecified atom stereocenters. The van der Waals surface area contributed by atoms with Gasteiger partial charge in [-0.3, -0.25) is 15.1 Å². The lowest BCUT2D eigenvalue weighted by Gasteiger charge is -2.11. The van der Waals surface area contributed by atoms with E-state index in [2.05, 4.69) is 4.99 Å². The van der Waals surface area contributed by atoms with Crippen LogP contribution in [0.1, 0.15) is 11.1 Å². The molecule has 0 saturated heterocycles. The third-order valence-corrected chi connectivity index (χ3v) is 4.55. The molecule has 0 saturated carbocycles. The van der Waals surface area contributed by atoms with Crippen LogP contribution < -0.4 is 4.74 Å². The molecule has 0 spiro atoms. The van der Waals surface area contributed by atoms with Crippen LogP contribution in [-0.4, -0.2) is 11.1 Å². The van der Waals surface area contributed by atoms with Crippen LogP contribution in [0.2, 0.25) is 15.1 Å². The Morgan fingerprint density at radius 1 is 0.964 bits per heavy atom. The van der Waals surface area contributed by atoms with Crippen LogP contribution >= 0.6 is 34.8 Å². The smallest absolute Gasteiger partial charge is 0.269 e. The van der Waals surface area contributed by atoms with Gasteiger partial charge in [0.25, 0.3) is 5.69 Å². The monoisotopic (exact) mass is 434 g/mol. The van der Waals surface area contributed by atoms with Crippen LogP contribution in [-0.2, 0) is 6.61 Å². The molecule has 0 aliphatic carbocycles. The van der Waals surface area contributed by atoms with Gasteiger partial charge in [0.2, 0.25) is 0 Å². The number of hydrogen-bond donors (Lipinski definition) is 0. The predicted molar refractivity (Wildman–Crippen MR) is 113 cm³/mol. The van der Waals surface area contributed by atoms with Gasteiger partial charge in [-0.05, 0) is 47.5 Å². The number of aliphatic imine (C=N–C) groups is 1. The topological polar surface area (TPSA) is 64.7 Å². The van der Waals surface area contributed by atoms with Gasteiger partial charge in [-0.1, -0.05) is 46.9 Å². The zero-order valence-electron chi connectivity index (χ0n) is 14.3. The van der Waals surface area contributed by atoms with Crippen LogP contribution in [0.3, 0.4) is 0 Å². The maximum absolute atomic E-state index is 10.7. The average molecular weight is 436 g/mol. The summed E-state index contributed by atoms with van der Waals surface area (Å²) in [6.45, 7) is 0.298. The molecule has 8 heteroatoms. The zero-order valence-corrected chi connectivity index (χ0v) is 16.6. The summed E-state index contributed by atoms with van der Waals surface area (Å²) in [6, 6.07) is 16.5. The van der Waals surface area contributed by atoms with Crippen molar-refractivity contribution in [3.05, 3.63) is 97.0 Å². The van der Waals surface area contributed by atoms with E-state index in [1.807, 2.05) is 12.1 Å². The Balaban J connectivity index is 1.71. The minimum absolute atomic E-state index is 0.00669. The first-order valence-electron chi connectivity index (χ1n) is 8.07. The molecule has 0 atom stereocenters. The molecule has 0 radical (unpaired) electrons. The van der Waals surface area contributed by atoms with Gasteiger partial charge in [-0.25, -0.2) is 0 Å². The van der Waals surface area contributed by atoms with E-state index < -0.39 is 4.92 Å². The zero-order chi connectivity index (χ0) is 20.1. The molecule has 28 heavy (non-hydrogen) atoms. The number of nitrogens with zero attached hydrogens (tertiary/aromatic N) is 2. The number of nitro benzene ring substituents is 1. The van der Waals surface area contributed by atoms with E-state index >= 15 is 0 Å². The summed E-state index contributed by atoms with van der Waals surface area (Å²) >= 11 is 18.5. The molecule has 0 amide bonds. The van der Waals surface area contributed by atoms with E-state index in [4.69, 9.17) is 39.5 Å². The molecular formula is C20H13Cl3N2O3. The first-order valence-corrected chi connectivity index (χ1v) is 9.20. The second kappa shape index (κ2) is 9.06. The Kier molecular flexibility index (Phi) is 6.52. The van der Waals surface area contributed by atoms with Gasteiger partial charge >= 0.3 is 0 Å². The maximum Gasteiger partial charge on any atom is 0.269 e. The lowest BCUT2D eigenvalue weighted by Crippen LogP contribution is -1.97. The number of nitro groups is 1. The molecular weight excluding hydrogens is 423 g/mol. The SMILES string of the molecule is O=[N+]([O-])c1ccc(N=Cc2cc(Cl)c(OCc3ccc(Cl)cc3)c(Cl)c2)cc1. The van der Waals surface area contributed by atoms with E-state index in [1.165, 1.54) is 12.1 Å². The summed E-state index contributed by atoms with van der Waals surface area (Å²) in [7, 11) is 0. The van der Waals surface area contributed by atoms with Crippen LogP contribution in [0.25, 0.3) is 0 Å². The number of non-ortho nitro benzene ring substituents is 1. The summed E-state index contributed by atoms with van der Waals surface area (Å²) in [5.41, 5.74) is 2.18. The van der Waals surface area contributed by atoms with Gasteiger partial charge < -0.3 is 4.74 Å². The van der Waals surface area contributed by atoms with Crippen molar-refractivity contribution < 1.29 is 9.66 Å². The predicted octanol–water partition coefficient (Wildman–Crippen LogP) is 6.88. The number of ether oxygens (including phenoxy) is 1. The molecule has 3 aromatic carbocycles. The van der Waals surface area contributed by atoms with E-state index in [9.17, 15) is 10.1 Å². The van der Waals surface area contributed by atoms with E-state index in [-0.39, 0.29) is 5.69 Å². The van der Waals surface area contributed by atoms with Crippen molar-refractivity contribution >= 4 is 52.4 Å². The number of rotatable bonds is 6. The highest BCUT2D eigenvalue weighted by atomic mass is 35.5. The first-order chi connectivity index (χ1) is 13.4. The second-order valence-electron chi connectivity index (χ2n) is 5.76.